The van der Waals surface area contributed by atoms with Gasteiger partial charge in [-0.25, -0.2) is 0 Å². The van der Waals surface area contributed by atoms with Crippen LogP contribution in [0, 0.1) is 0 Å². The molecule has 0 amide bonds. The van der Waals surface area contributed by atoms with Crippen molar-refractivity contribution in [3.63, 3.8) is 0 Å². The number of morpholine rings is 1. The maximum atomic E-state index is 5.36. The highest BCUT2D eigenvalue weighted by atomic mass is 35.5. The molecule has 0 unspecified atom stereocenters. The first kappa shape index (κ1) is 19.2. The molecule has 1 heterocycles. The summed E-state index contributed by atoms with van der Waals surface area (Å²) in [5, 5.41) is 6.23. The van der Waals surface area contributed by atoms with E-state index in [9.17, 15) is 0 Å². The van der Waals surface area contributed by atoms with Crippen molar-refractivity contribution in [1.82, 2.24) is 10.2 Å². The van der Waals surface area contributed by atoms with Crippen LogP contribution in [0.25, 0.3) is 10.8 Å². The van der Waals surface area contributed by atoms with E-state index in [0.29, 0.717) is 0 Å². The molecule has 0 aliphatic carbocycles. The van der Waals surface area contributed by atoms with E-state index in [1.54, 1.807) is 0 Å². The van der Waals surface area contributed by atoms with Gasteiger partial charge in [0.05, 0.1) is 13.2 Å². The van der Waals surface area contributed by atoms with Crippen LogP contribution in [-0.2, 0) is 11.3 Å². The summed E-state index contributed by atoms with van der Waals surface area (Å²) in [4.78, 5) is 2.46. The quantitative estimate of drug-likeness (QED) is 0.845. The molecule has 5 heteroatoms. The summed E-state index contributed by atoms with van der Waals surface area (Å²) in [6.45, 7) is 6.96. The van der Waals surface area contributed by atoms with Gasteiger partial charge in [-0.15, -0.1) is 24.8 Å². The molecule has 1 aliphatic rings. The summed E-state index contributed by atoms with van der Waals surface area (Å²) in [6, 6.07) is 15.1. The van der Waals surface area contributed by atoms with Crippen molar-refractivity contribution >= 4 is 35.6 Å². The first-order valence-corrected chi connectivity index (χ1v) is 7.41. The molecule has 0 atom stereocenters. The number of ether oxygens (including phenoxy) is 1. The Hall–Kier alpha value is -0.840. The fourth-order valence-corrected chi connectivity index (χ4v) is 2.73. The van der Waals surface area contributed by atoms with Crippen LogP contribution in [0.1, 0.15) is 5.56 Å². The summed E-state index contributed by atoms with van der Waals surface area (Å²) in [7, 11) is 0. The molecule has 1 saturated heterocycles. The molecule has 1 N–H and O–H groups in total. The average Bonchev–Trinajstić information content (AvgIpc) is 2.53. The largest absolute Gasteiger partial charge is 0.379 e. The van der Waals surface area contributed by atoms with Gasteiger partial charge in [0.2, 0.25) is 0 Å². The van der Waals surface area contributed by atoms with Crippen molar-refractivity contribution in [1.29, 1.82) is 0 Å². The van der Waals surface area contributed by atoms with Crippen LogP contribution in [-0.4, -0.2) is 44.3 Å². The fraction of sp³-hybridized carbons (Fsp3) is 0.412. The van der Waals surface area contributed by atoms with Crippen molar-refractivity contribution < 1.29 is 4.74 Å². The highest BCUT2D eigenvalue weighted by Gasteiger charge is 2.09. The van der Waals surface area contributed by atoms with Gasteiger partial charge in [0.25, 0.3) is 0 Å². The maximum absolute atomic E-state index is 5.36. The molecular formula is C17H24Cl2N2O. The smallest absolute Gasteiger partial charge is 0.0594 e. The number of hydrogen-bond acceptors (Lipinski definition) is 3. The lowest BCUT2D eigenvalue weighted by molar-refractivity contribution is 0.0384. The van der Waals surface area contributed by atoms with Gasteiger partial charge in [-0.3, -0.25) is 4.90 Å². The van der Waals surface area contributed by atoms with Crippen molar-refractivity contribution in [2.45, 2.75) is 6.54 Å². The third-order valence-electron chi connectivity index (χ3n) is 3.90. The van der Waals surface area contributed by atoms with Crippen LogP contribution in [0.2, 0.25) is 0 Å². The molecule has 0 spiro atoms. The molecule has 122 valence electrons. The normalized spacial score (nSPS) is 15.1. The summed E-state index contributed by atoms with van der Waals surface area (Å²) in [5.41, 5.74) is 1.38. The SMILES string of the molecule is Cl.Cl.c1ccc2c(CNCCN3CCOCC3)cccc2c1. The molecule has 1 fully saturated rings. The minimum Gasteiger partial charge on any atom is -0.379 e. The Morgan fingerprint density at radius 2 is 1.68 bits per heavy atom. The van der Waals surface area contributed by atoms with Crippen molar-refractivity contribution in [3.8, 4) is 0 Å². The average molecular weight is 343 g/mol. The molecule has 3 rings (SSSR count). The monoisotopic (exact) mass is 342 g/mol. The second-order valence-corrected chi connectivity index (χ2v) is 5.27. The van der Waals surface area contributed by atoms with Gasteiger partial charge >= 0.3 is 0 Å². The van der Waals surface area contributed by atoms with Crippen LogP contribution in [0.5, 0.6) is 0 Å². The van der Waals surface area contributed by atoms with Gasteiger partial charge in [-0.1, -0.05) is 42.5 Å². The zero-order valence-corrected chi connectivity index (χ0v) is 14.3. The molecule has 2 aromatic carbocycles. The number of nitrogens with zero attached hydrogens (tertiary/aromatic N) is 1. The second-order valence-electron chi connectivity index (χ2n) is 5.27. The number of halogens is 2. The second kappa shape index (κ2) is 10.0. The van der Waals surface area contributed by atoms with Crippen LogP contribution in [0.15, 0.2) is 42.5 Å². The van der Waals surface area contributed by atoms with Crippen LogP contribution in [0.3, 0.4) is 0 Å². The number of hydrogen-bond donors (Lipinski definition) is 1. The minimum atomic E-state index is 0. The summed E-state index contributed by atoms with van der Waals surface area (Å²) in [5.74, 6) is 0. The molecular weight excluding hydrogens is 319 g/mol. The van der Waals surface area contributed by atoms with Gasteiger partial charge < -0.3 is 10.1 Å². The van der Waals surface area contributed by atoms with E-state index in [2.05, 4.69) is 52.7 Å². The Balaban J connectivity index is 0.00000121. The molecule has 22 heavy (non-hydrogen) atoms. The van der Waals surface area contributed by atoms with Gasteiger partial charge in [0, 0.05) is 32.7 Å². The first-order chi connectivity index (χ1) is 9.93. The van der Waals surface area contributed by atoms with E-state index in [0.717, 1.165) is 45.9 Å². The Labute approximate surface area is 144 Å². The Kier molecular flexibility index (Phi) is 8.76. The summed E-state index contributed by atoms with van der Waals surface area (Å²) >= 11 is 0. The zero-order chi connectivity index (χ0) is 13.6. The first-order valence-electron chi connectivity index (χ1n) is 7.41. The van der Waals surface area contributed by atoms with Crippen LogP contribution < -0.4 is 5.32 Å². The van der Waals surface area contributed by atoms with Crippen molar-refractivity contribution in [2.24, 2.45) is 0 Å². The number of nitrogens with one attached hydrogen (secondary N) is 1. The molecule has 0 bridgehead atoms. The van der Waals surface area contributed by atoms with E-state index in [1.807, 2.05) is 0 Å². The van der Waals surface area contributed by atoms with Gasteiger partial charge in [0.15, 0.2) is 0 Å². The van der Waals surface area contributed by atoms with Gasteiger partial charge in [0.1, 0.15) is 0 Å². The predicted molar refractivity (Wildman–Crippen MR) is 97.4 cm³/mol. The van der Waals surface area contributed by atoms with Crippen LogP contribution >= 0.6 is 24.8 Å². The topological polar surface area (TPSA) is 24.5 Å². The fourth-order valence-electron chi connectivity index (χ4n) is 2.73. The predicted octanol–water partition coefficient (Wildman–Crippen LogP) is 3.11. The zero-order valence-electron chi connectivity index (χ0n) is 12.7. The molecule has 0 radical (unpaired) electrons. The lowest BCUT2D eigenvalue weighted by Gasteiger charge is -2.26. The van der Waals surface area contributed by atoms with E-state index >= 15 is 0 Å². The van der Waals surface area contributed by atoms with Crippen molar-refractivity contribution in [3.05, 3.63) is 48.0 Å². The summed E-state index contributed by atoms with van der Waals surface area (Å²) < 4.78 is 5.36. The standard InChI is InChI=1S/C17H22N2O.2ClH/c1-2-7-17-15(4-1)5-3-6-16(17)14-18-8-9-19-10-12-20-13-11-19;;/h1-7,18H,8-14H2;2*1H. The van der Waals surface area contributed by atoms with Gasteiger partial charge in [-0.05, 0) is 16.3 Å². The van der Waals surface area contributed by atoms with Gasteiger partial charge in [-0.2, -0.15) is 0 Å². The lowest BCUT2D eigenvalue weighted by Crippen LogP contribution is -2.40. The minimum absolute atomic E-state index is 0. The van der Waals surface area contributed by atoms with E-state index in [1.165, 1.54) is 16.3 Å². The Morgan fingerprint density at radius 3 is 2.50 bits per heavy atom. The highest BCUT2D eigenvalue weighted by molar-refractivity contribution is 5.86. The van der Waals surface area contributed by atoms with E-state index in [4.69, 9.17) is 4.74 Å². The Morgan fingerprint density at radius 1 is 0.955 bits per heavy atom. The molecule has 1 aliphatic heterocycles. The van der Waals surface area contributed by atoms with Crippen LogP contribution in [0.4, 0.5) is 0 Å². The third-order valence-corrected chi connectivity index (χ3v) is 3.90. The third kappa shape index (κ3) is 5.11. The maximum Gasteiger partial charge on any atom is 0.0594 e. The molecule has 3 nitrogen and oxygen atoms in total. The molecule has 2 aromatic rings. The molecule has 0 aromatic heterocycles. The molecule has 0 saturated carbocycles. The lowest BCUT2D eigenvalue weighted by atomic mass is 10.0. The summed E-state index contributed by atoms with van der Waals surface area (Å²) in [6.07, 6.45) is 0. The number of benzene rings is 2. The highest BCUT2D eigenvalue weighted by Crippen LogP contribution is 2.18. The Bertz CT molecular complexity index is 554. The van der Waals surface area contributed by atoms with E-state index in [-0.39, 0.29) is 24.8 Å². The van der Waals surface area contributed by atoms with Crippen molar-refractivity contribution in [2.75, 3.05) is 39.4 Å². The number of rotatable bonds is 5. The number of fused-ring (bicyclic) bond motifs is 1. The van der Waals surface area contributed by atoms with E-state index < -0.39 is 0 Å².